The molecule has 4 nitrogen and oxygen atoms in total. The average Bonchev–Trinajstić information content (AvgIpc) is 3.01. The molecule has 38 heavy (non-hydrogen) atoms. The van der Waals surface area contributed by atoms with Gasteiger partial charge in [-0.05, 0) is 82.2 Å². The van der Waals surface area contributed by atoms with Gasteiger partial charge in [0.1, 0.15) is 0 Å². The molecule has 0 aliphatic carbocycles. The molecule has 0 unspecified atom stereocenters. The molecule has 0 atom stereocenters. The quantitative estimate of drug-likeness (QED) is 0.235. The van der Waals surface area contributed by atoms with E-state index in [-0.39, 0.29) is 0 Å². The lowest BCUT2D eigenvalue weighted by molar-refractivity contribution is 1.29. The fourth-order valence-electron chi connectivity index (χ4n) is 4.95. The molecule has 0 N–H and O–H groups in total. The summed E-state index contributed by atoms with van der Waals surface area (Å²) in [6, 6.07) is 37.6. The van der Waals surface area contributed by atoms with Gasteiger partial charge in [0.25, 0.3) is 0 Å². The summed E-state index contributed by atoms with van der Waals surface area (Å²) in [4.78, 5) is 18.2. The topological polar surface area (TPSA) is 51.6 Å². The Morgan fingerprint density at radius 1 is 0.316 bits per heavy atom. The van der Waals surface area contributed by atoms with E-state index in [0.717, 1.165) is 45.0 Å². The van der Waals surface area contributed by atoms with Gasteiger partial charge in [-0.3, -0.25) is 19.9 Å². The minimum atomic E-state index is 0.935. The molecule has 4 aromatic heterocycles. The maximum atomic E-state index is 4.64. The molecule has 178 valence electrons. The zero-order chi connectivity index (χ0) is 25.3. The first-order chi connectivity index (χ1) is 18.8. The molecule has 0 fully saturated rings. The standard InChI is InChI=1S/C34H22N4/c1-3-15-35-31(5-1)27-13-17-37-33(21-27)25-9-11-29-23(19-25)7-8-24-20-26(10-12-30(24)29)34-22-28(14-18-38-34)32-6-2-4-16-36-32/h1-22H. The van der Waals surface area contributed by atoms with E-state index < -0.39 is 0 Å². The largest absolute Gasteiger partial charge is 0.256 e. The van der Waals surface area contributed by atoms with Crippen molar-refractivity contribution in [1.29, 1.82) is 0 Å². The molecule has 0 bridgehead atoms. The van der Waals surface area contributed by atoms with Crippen LogP contribution in [0.4, 0.5) is 0 Å². The highest BCUT2D eigenvalue weighted by Gasteiger charge is 2.09. The first-order valence-corrected chi connectivity index (χ1v) is 12.5. The Morgan fingerprint density at radius 3 is 1.21 bits per heavy atom. The Balaban J connectivity index is 1.25. The molecule has 0 radical (unpaired) electrons. The van der Waals surface area contributed by atoms with Crippen molar-refractivity contribution in [3.63, 3.8) is 0 Å². The molecule has 4 heteroatoms. The second-order valence-electron chi connectivity index (χ2n) is 9.23. The third kappa shape index (κ3) is 4.08. The van der Waals surface area contributed by atoms with Crippen LogP contribution >= 0.6 is 0 Å². The van der Waals surface area contributed by atoms with Gasteiger partial charge in [-0.25, -0.2) is 0 Å². The minimum absolute atomic E-state index is 0.935. The summed E-state index contributed by atoms with van der Waals surface area (Å²) in [5, 5.41) is 4.80. The Hall–Kier alpha value is -5.22. The van der Waals surface area contributed by atoms with Crippen LogP contribution in [-0.2, 0) is 0 Å². The summed E-state index contributed by atoms with van der Waals surface area (Å²) in [5.41, 5.74) is 8.04. The second kappa shape index (κ2) is 9.34. The van der Waals surface area contributed by atoms with E-state index in [1.54, 1.807) is 0 Å². The van der Waals surface area contributed by atoms with Crippen LogP contribution < -0.4 is 0 Å². The predicted molar refractivity (Wildman–Crippen MR) is 154 cm³/mol. The van der Waals surface area contributed by atoms with Crippen molar-refractivity contribution in [1.82, 2.24) is 19.9 Å². The number of pyridine rings is 4. The monoisotopic (exact) mass is 486 g/mol. The maximum Gasteiger partial charge on any atom is 0.0708 e. The van der Waals surface area contributed by atoms with Crippen molar-refractivity contribution in [3.8, 4) is 45.0 Å². The van der Waals surface area contributed by atoms with Crippen molar-refractivity contribution in [2.75, 3.05) is 0 Å². The van der Waals surface area contributed by atoms with Gasteiger partial charge in [0.05, 0.1) is 22.8 Å². The molecule has 0 amide bonds. The minimum Gasteiger partial charge on any atom is -0.256 e. The number of fused-ring (bicyclic) bond motifs is 3. The summed E-state index contributed by atoms with van der Waals surface area (Å²) in [7, 11) is 0. The van der Waals surface area contributed by atoms with Crippen LogP contribution in [0, 0.1) is 0 Å². The summed E-state index contributed by atoms with van der Waals surface area (Å²) < 4.78 is 0. The number of nitrogens with zero attached hydrogens (tertiary/aromatic N) is 4. The summed E-state index contributed by atoms with van der Waals surface area (Å²) in [5.74, 6) is 0. The van der Waals surface area contributed by atoms with Crippen LogP contribution in [-0.4, -0.2) is 19.9 Å². The summed E-state index contributed by atoms with van der Waals surface area (Å²) >= 11 is 0. The number of rotatable bonds is 4. The third-order valence-electron chi connectivity index (χ3n) is 6.87. The molecule has 0 aliphatic rings. The number of hydrogen-bond donors (Lipinski definition) is 0. The van der Waals surface area contributed by atoms with Crippen LogP contribution in [0.2, 0.25) is 0 Å². The fourth-order valence-corrected chi connectivity index (χ4v) is 4.95. The van der Waals surface area contributed by atoms with Crippen LogP contribution in [0.3, 0.4) is 0 Å². The zero-order valence-electron chi connectivity index (χ0n) is 20.5. The van der Waals surface area contributed by atoms with Crippen LogP contribution in [0.5, 0.6) is 0 Å². The van der Waals surface area contributed by atoms with Gasteiger partial charge in [-0.2, -0.15) is 0 Å². The van der Waals surface area contributed by atoms with E-state index in [2.05, 4.69) is 80.6 Å². The molecule has 0 saturated carbocycles. The van der Waals surface area contributed by atoms with Gasteiger partial charge < -0.3 is 0 Å². The van der Waals surface area contributed by atoms with Gasteiger partial charge in [-0.15, -0.1) is 0 Å². The molecule has 4 heterocycles. The van der Waals surface area contributed by atoms with Crippen molar-refractivity contribution in [3.05, 3.63) is 134 Å². The highest BCUT2D eigenvalue weighted by atomic mass is 14.7. The predicted octanol–water partition coefficient (Wildman–Crippen LogP) is 8.24. The van der Waals surface area contributed by atoms with E-state index >= 15 is 0 Å². The molecule has 7 rings (SSSR count). The van der Waals surface area contributed by atoms with E-state index in [9.17, 15) is 0 Å². The van der Waals surface area contributed by atoms with Crippen molar-refractivity contribution in [2.45, 2.75) is 0 Å². The first kappa shape index (κ1) is 22.0. The SMILES string of the molecule is c1ccc(-c2ccnc(-c3ccc4c(ccc5cc(-c6cc(-c7ccccn7)ccn6)ccc54)c3)c2)nc1. The molecular weight excluding hydrogens is 464 g/mol. The van der Waals surface area contributed by atoms with Crippen molar-refractivity contribution in [2.24, 2.45) is 0 Å². The third-order valence-corrected chi connectivity index (χ3v) is 6.87. The van der Waals surface area contributed by atoms with E-state index in [0.29, 0.717) is 0 Å². The summed E-state index contributed by atoms with van der Waals surface area (Å²) in [6.07, 6.45) is 7.33. The molecule has 7 aromatic rings. The highest BCUT2D eigenvalue weighted by Crippen LogP contribution is 2.33. The van der Waals surface area contributed by atoms with E-state index in [1.807, 2.05) is 73.3 Å². The highest BCUT2D eigenvalue weighted by molar-refractivity contribution is 6.09. The lowest BCUT2D eigenvalue weighted by Gasteiger charge is -2.10. The summed E-state index contributed by atoms with van der Waals surface area (Å²) in [6.45, 7) is 0. The van der Waals surface area contributed by atoms with Crippen LogP contribution in [0.1, 0.15) is 0 Å². The Morgan fingerprint density at radius 2 is 0.763 bits per heavy atom. The number of aromatic nitrogens is 4. The number of benzene rings is 3. The average molecular weight is 487 g/mol. The molecule has 0 saturated heterocycles. The normalized spacial score (nSPS) is 11.2. The Kier molecular flexibility index (Phi) is 5.41. The van der Waals surface area contributed by atoms with Crippen LogP contribution in [0.15, 0.2) is 134 Å². The Labute approximate surface area is 220 Å². The molecule has 0 spiro atoms. The molecule has 3 aromatic carbocycles. The van der Waals surface area contributed by atoms with Gasteiger partial charge in [0, 0.05) is 47.0 Å². The number of hydrogen-bond acceptors (Lipinski definition) is 4. The van der Waals surface area contributed by atoms with E-state index in [1.165, 1.54) is 21.5 Å². The molecular formula is C34H22N4. The fraction of sp³-hybridized carbons (Fsp3) is 0. The maximum absolute atomic E-state index is 4.64. The van der Waals surface area contributed by atoms with Gasteiger partial charge in [-0.1, -0.05) is 48.5 Å². The lowest BCUT2D eigenvalue weighted by Crippen LogP contribution is -1.89. The van der Waals surface area contributed by atoms with Gasteiger partial charge in [0.15, 0.2) is 0 Å². The Bertz CT molecular complexity index is 1770. The van der Waals surface area contributed by atoms with E-state index in [4.69, 9.17) is 0 Å². The molecule has 0 aliphatic heterocycles. The van der Waals surface area contributed by atoms with Gasteiger partial charge in [0.2, 0.25) is 0 Å². The smallest absolute Gasteiger partial charge is 0.0708 e. The first-order valence-electron chi connectivity index (χ1n) is 12.5. The second-order valence-corrected chi connectivity index (χ2v) is 9.23. The lowest BCUT2D eigenvalue weighted by atomic mass is 9.96. The van der Waals surface area contributed by atoms with Crippen molar-refractivity contribution >= 4 is 21.5 Å². The van der Waals surface area contributed by atoms with Crippen molar-refractivity contribution < 1.29 is 0 Å². The zero-order valence-corrected chi connectivity index (χ0v) is 20.5. The van der Waals surface area contributed by atoms with Crippen LogP contribution in [0.25, 0.3) is 66.6 Å². The van der Waals surface area contributed by atoms with Gasteiger partial charge >= 0.3 is 0 Å².